The zero-order chi connectivity index (χ0) is 20.2. The van der Waals surface area contributed by atoms with Crippen molar-refractivity contribution in [2.24, 2.45) is 11.8 Å². The van der Waals surface area contributed by atoms with Crippen LogP contribution in [0.25, 0.3) is 0 Å². The molecule has 0 aliphatic rings. The van der Waals surface area contributed by atoms with E-state index in [4.69, 9.17) is 9.78 Å². The van der Waals surface area contributed by atoms with E-state index < -0.39 is 0 Å². The van der Waals surface area contributed by atoms with Crippen molar-refractivity contribution in [1.29, 1.82) is 0 Å². The second-order valence-corrected chi connectivity index (χ2v) is 6.18. The van der Waals surface area contributed by atoms with E-state index in [9.17, 15) is 9.59 Å². The van der Waals surface area contributed by atoms with E-state index >= 15 is 0 Å². The number of carbonyl (C=O) groups is 2. The summed E-state index contributed by atoms with van der Waals surface area (Å²) in [5.74, 6) is -0.495. The Morgan fingerprint density at radius 3 is 1.15 bits per heavy atom. The molecule has 0 saturated heterocycles. The Kier molecular flexibility index (Phi) is 27.7. The van der Waals surface area contributed by atoms with Crippen molar-refractivity contribution >= 4 is 11.9 Å². The number of unbranched alkanes of at least 4 members (excludes halogenated alkanes) is 2. The van der Waals surface area contributed by atoms with Crippen molar-refractivity contribution in [3.05, 3.63) is 0 Å². The van der Waals surface area contributed by atoms with E-state index in [0.29, 0.717) is 13.2 Å². The van der Waals surface area contributed by atoms with Gasteiger partial charge in [0.2, 0.25) is 0 Å². The fourth-order valence-electron chi connectivity index (χ4n) is 1.99. The molecule has 0 bridgehead atoms. The fourth-order valence-corrected chi connectivity index (χ4v) is 1.99. The molecule has 7 heteroatoms. The van der Waals surface area contributed by atoms with Crippen LogP contribution in [-0.2, 0) is 55.3 Å². The second kappa shape index (κ2) is 23.8. The summed E-state index contributed by atoms with van der Waals surface area (Å²) in [5.41, 5.74) is 0. The minimum Gasteiger partial charge on any atom is -0.298 e. The van der Waals surface area contributed by atoms with Gasteiger partial charge in [0.25, 0.3) is 0 Å². The molecule has 0 fully saturated rings. The molecule has 160 valence electrons. The Morgan fingerprint density at radius 1 is 0.630 bits per heavy atom. The Morgan fingerprint density at radius 2 is 0.926 bits per heavy atom. The van der Waals surface area contributed by atoms with Gasteiger partial charge in [0.15, 0.2) is 0 Å². The topological polar surface area (TPSA) is 71.1 Å². The maximum absolute atomic E-state index is 11.2. The first-order chi connectivity index (χ1) is 12.5. The smallest absolute Gasteiger partial charge is 0.298 e. The normalized spacial score (nSPS) is 10.1. The second-order valence-electron chi connectivity index (χ2n) is 6.18. The number of rotatable bonds is 14. The van der Waals surface area contributed by atoms with Crippen molar-refractivity contribution in [3.63, 3.8) is 0 Å². The molecule has 0 aromatic carbocycles. The van der Waals surface area contributed by atoms with Gasteiger partial charge in [-0.15, -0.1) is 0 Å². The summed E-state index contributed by atoms with van der Waals surface area (Å²) in [6.45, 7) is 13.0. The van der Waals surface area contributed by atoms with E-state index in [2.05, 4.69) is 23.6 Å². The Hall–Kier alpha value is -0.257. The number of carbonyl (C=O) groups excluding carboxylic acids is 2. The predicted molar refractivity (Wildman–Crippen MR) is 102 cm³/mol. The molecule has 0 atom stereocenters. The average molecular weight is 468 g/mol. The zero-order valence-corrected chi connectivity index (χ0v) is 20.6. The van der Waals surface area contributed by atoms with Crippen molar-refractivity contribution in [2.45, 2.75) is 92.9 Å². The van der Waals surface area contributed by atoms with E-state index in [1.165, 1.54) is 0 Å². The Bertz CT molecular complexity index is 298. The molecule has 0 rings (SSSR count). The number of hydrogen-bond acceptors (Lipinski definition) is 6. The average Bonchev–Trinajstić information content (AvgIpc) is 2.65. The largest absolute Gasteiger partial charge is 0.345 e. The maximum atomic E-state index is 11.2. The minimum atomic E-state index is -0.235. The summed E-state index contributed by atoms with van der Waals surface area (Å²) >= 11 is 0. The molecular formula is C20H40O6Zr. The van der Waals surface area contributed by atoms with Crippen LogP contribution in [-0.4, -0.2) is 25.2 Å². The van der Waals surface area contributed by atoms with Crippen LogP contribution in [0.1, 0.15) is 92.9 Å². The summed E-state index contributed by atoms with van der Waals surface area (Å²) in [6, 6.07) is 0. The van der Waals surface area contributed by atoms with E-state index in [-0.39, 0.29) is 50.0 Å². The van der Waals surface area contributed by atoms with Gasteiger partial charge in [0.05, 0.1) is 25.0 Å². The number of hydrogen-bond donors (Lipinski definition) is 0. The van der Waals surface area contributed by atoms with Crippen LogP contribution in [0.15, 0.2) is 0 Å². The van der Waals surface area contributed by atoms with E-state index in [0.717, 1.165) is 51.4 Å². The Balaban J connectivity index is -0.000000411. The van der Waals surface area contributed by atoms with Crippen molar-refractivity contribution < 1.29 is 55.3 Å². The molecule has 6 nitrogen and oxygen atoms in total. The third-order valence-electron chi connectivity index (χ3n) is 4.08. The van der Waals surface area contributed by atoms with Crippen LogP contribution in [0.4, 0.5) is 0 Å². The van der Waals surface area contributed by atoms with Gasteiger partial charge in [0, 0.05) is 26.2 Å². The van der Waals surface area contributed by atoms with Gasteiger partial charge in [-0.2, -0.15) is 9.78 Å². The molecule has 0 saturated carbocycles. The standard InChI is InChI=1S/2C10H20O3.Zr/c2*1-4-7-8-12-13-10(11)9(5-2)6-3;/h2*9H,4-8H2,1-3H3;. The third-order valence-corrected chi connectivity index (χ3v) is 4.08. The van der Waals surface area contributed by atoms with Crippen LogP contribution in [0.2, 0.25) is 0 Å². The van der Waals surface area contributed by atoms with Gasteiger partial charge in [-0.05, 0) is 38.5 Å². The zero-order valence-electron chi connectivity index (χ0n) is 18.2. The SMILES string of the molecule is CCCCOOC(=O)C(CC)CC.CCCCOOC(=O)C(CC)CC.[Zr]. The van der Waals surface area contributed by atoms with Crippen molar-refractivity contribution in [1.82, 2.24) is 0 Å². The minimum absolute atomic E-state index is 0. The van der Waals surface area contributed by atoms with Gasteiger partial charge in [-0.3, -0.25) is 9.78 Å². The van der Waals surface area contributed by atoms with Gasteiger partial charge in [0.1, 0.15) is 0 Å². The molecule has 27 heavy (non-hydrogen) atoms. The third kappa shape index (κ3) is 18.9. The molecule has 0 aromatic rings. The summed E-state index contributed by atoms with van der Waals surface area (Å²) in [6.07, 6.45) is 7.19. The molecule has 0 N–H and O–H groups in total. The van der Waals surface area contributed by atoms with E-state index in [1.54, 1.807) is 0 Å². The molecule has 0 spiro atoms. The summed E-state index contributed by atoms with van der Waals surface area (Å²) in [4.78, 5) is 41.3. The van der Waals surface area contributed by atoms with Crippen molar-refractivity contribution in [2.75, 3.05) is 13.2 Å². The van der Waals surface area contributed by atoms with Crippen LogP contribution in [0.3, 0.4) is 0 Å². The van der Waals surface area contributed by atoms with E-state index in [1.807, 2.05) is 27.7 Å². The van der Waals surface area contributed by atoms with Crippen LogP contribution in [0.5, 0.6) is 0 Å². The van der Waals surface area contributed by atoms with Gasteiger partial charge < -0.3 is 0 Å². The summed E-state index contributed by atoms with van der Waals surface area (Å²) < 4.78 is 0. The molecule has 0 aromatic heterocycles. The van der Waals surface area contributed by atoms with Gasteiger partial charge in [-0.25, -0.2) is 9.59 Å². The molecule has 0 aliphatic carbocycles. The van der Waals surface area contributed by atoms with Gasteiger partial charge in [-0.1, -0.05) is 54.4 Å². The first-order valence-corrected chi connectivity index (χ1v) is 10.2. The molecule has 0 amide bonds. The fraction of sp³-hybridized carbons (Fsp3) is 0.900. The summed E-state index contributed by atoms with van der Waals surface area (Å²) in [7, 11) is 0. The molecular weight excluding hydrogens is 427 g/mol. The first-order valence-electron chi connectivity index (χ1n) is 10.2. The molecule has 0 unspecified atom stereocenters. The first kappa shape index (κ1) is 31.4. The Labute approximate surface area is 185 Å². The summed E-state index contributed by atoms with van der Waals surface area (Å²) in [5, 5.41) is 0. The molecule has 0 aliphatic heterocycles. The monoisotopic (exact) mass is 466 g/mol. The maximum Gasteiger partial charge on any atom is 0.345 e. The molecule has 0 heterocycles. The van der Waals surface area contributed by atoms with Crippen LogP contribution < -0.4 is 0 Å². The van der Waals surface area contributed by atoms with Gasteiger partial charge >= 0.3 is 11.9 Å². The van der Waals surface area contributed by atoms with Crippen LogP contribution in [0, 0.1) is 11.8 Å². The predicted octanol–water partition coefficient (Wildman–Crippen LogP) is 5.39. The quantitative estimate of drug-likeness (QED) is 0.194. The van der Waals surface area contributed by atoms with Crippen molar-refractivity contribution in [3.8, 4) is 0 Å². The van der Waals surface area contributed by atoms with Crippen LogP contribution >= 0.6 is 0 Å². The molecule has 0 radical (unpaired) electrons.